The molecule has 1 saturated heterocycles. The minimum atomic E-state index is -0.198. The highest BCUT2D eigenvalue weighted by atomic mass is 16.5. The first-order chi connectivity index (χ1) is 9.24. The molecule has 0 N–H and O–H groups in total. The topological polar surface area (TPSA) is 55.5 Å². The normalized spacial score (nSPS) is 21.4. The first-order valence-electron chi connectivity index (χ1n) is 6.90. The van der Waals surface area contributed by atoms with Crippen molar-refractivity contribution in [1.82, 2.24) is 19.8 Å². The van der Waals surface area contributed by atoms with Gasteiger partial charge in [0.15, 0.2) is 11.5 Å². The van der Waals surface area contributed by atoms with Crippen LogP contribution >= 0.6 is 0 Å². The van der Waals surface area contributed by atoms with Crippen molar-refractivity contribution in [2.45, 2.75) is 45.8 Å². The fourth-order valence-corrected chi connectivity index (χ4v) is 3.00. The molecule has 6 nitrogen and oxygen atoms in total. The van der Waals surface area contributed by atoms with Crippen LogP contribution in [0.1, 0.15) is 33.5 Å². The van der Waals surface area contributed by atoms with E-state index in [1.807, 2.05) is 19.1 Å². The second-order valence-electron chi connectivity index (χ2n) is 6.68. The van der Waals surface area contributed by atoms with Crippen LogP contribution in [0.5, 0.6) is 0 Å². The van der Waals surface area contributed by atoms with Crippen LogP contribution in [-0.4, -0.2) is 44.1 Å². The van der Waals surface area contributed by atoms with E-state index < -0.39 is 0 Å². The monoisotopic (exact) mass is 275 g/mol. The molecule has 0 radical (unpaired) electrons. The molecule has 20 heavy (non-hydrogen) atoms. The van der Waals surface area contributed by atoms with Gasteiger partial charge in [-0.25, -0.2) is 4.98 Å². The third-order valence-corrected chi connectivity index (χ3v) is 3.32. The molecule has 6 heteroatoms. The summed E-state index contributed by atoms with van der Waals surface area (Å²) in [6.07, 6.45) is 0. The van der Waals surface area contributed by atoms with Gasteiger partial charge in [-0.15, -0.1) is 14.8 Å². The van der Waals surface area contributed by atoms with Crippen LogP contribution in [0.4, 0.5) is 5.82 Å². The molecule has 0 amide bonds. The van der Waals surface area contributed by atoms with Gasteiger partial charge in [-0.2, -0.15) is 0 Å². The molecule has 0 atom stereocenters. The molecular formula is C14H21N5O. The first-order valence-corrected chi connectivity index (χ1v) is 6.90. The van der Waals surface area contributed by atoms with Crippen LogP contribution in [0.25, 0.3) is 5.65 Å². The largest absolute Gasteiger partial charge is 0.366 e. The lowest BCUT2D eigenvalue weighted by Gasteiger charge is -2.47. The minimum Gasteiger partial charge on any atom is -0.366 e. The number of rotatable bonds is 1. The zero-order valence-electron chi connectivity index (χ0n) is 12.7. The van der Waals surface area contributed by atoms with Crippen molar-refractivity contribution in [3.8, 4) is 0 Å². The van der Waals surface area contributed by atoms with E-state index in [9.17, 15) is 0 Å². The van der Waals surface area contributed by atoms with Gasteiger partial charge < -0.3 is 9.64 Å². The van der Waals surface area contributed by atoms with E-state index in [-0.39, 0.29) is 11.2 Å². The number of ether oxygens (including phenoxy) is 1. The quantitative estimate of drug-likeness (QED) is 0.794. The number of hydrogen-bond acceptors (Lipinski definition) is 5. The van der Waals surface area contributed by atoms with Gasteiger partial charge in [0.05, 0.1) is 11.2 Å². The van der Waals surface area contributed by atoms with E-state index in [2.05, 4.69) is 47.8 Å². The summed E-state index contributed by atoms with van der Waals surface area (Å²) in [6, 6.07) is 3.96. The Hall–Kier alpha value is -1.69. The van der Waals surface area contributed by atoms with E-state index in [0.29, 0.717) is 0 Å². The van der Waals surface area contributed by atoms with Crippen molar-refractivity contribution in [2.24, 2.45) is 0 Å². The number of aromatic nitrogens is 4. The maximum atomic E-state index is 6.10. The number of aryl methyl sites for hydroxylation is 1. The Morgan fingerprint density at radius 2 is 1.70 bits per heavy atom. The zero-order chi connectivity index (χ0) is 14.5. The van der Waals surface area contributed by atoms with Crippen LogP contribution in [0.15, 0.2) is 12.1 Å². The molecule has 3 rings (SSSR count). The first kappa shape index (κ1) is 13.3. The van der Waals surface area contributed by atoms with Gasteiger partial charge in [0.2, 0.25) is 0 Å². The van der Waals surface area contributed by atoms with Crippen molar-refractivity contribution in [3.63, 3.8) is 0 Å². The summed E-state index contributed by atoms with van der Waals surface area (Å²) in [6.45, 7) is 11.9. The fourth-order valence-electron chi connectivity index (χ4n) is 3.00. The Kier molecular flexibility index (Phi) is 2.76. The number of nitrogens with zero attached hydrogens (tertiary/aromatic N) is 5. The van der Waals surface area contributed by atoms with Crippen molar-refractivity contribution in [2.75, 3.05) is 18.0 Å². The maximum Gasteiger partial charge on any atom is 0.176 e. The van der Waals surface area contributed by atoms with E-state index in [0.717, 1.165) is 30.4 Å². The molecule has 0 aromatic carbocycles. The van der Waals surface area contributed by atoms with Gasteiger partial charge in [0.25, 0.3) is 0 Å². The van der Waals surface area contributed by atoms with Crippen LogP contribution < -0.4 is 4.90 Å². The maximum absolute atomic E-state index is 6.10. The van der Waals surface area contributed by atoms with Gasteiger partial charge in [-0.1, -0.05) is 0 Å². The molecular weight excluding hydrogens is 254 g/mol. The molecule has 3 heterocycles. The molecule has 2 aromatic heterocycles. The lowest BCUT2D eigenvalue weighted by molar-refractivity contribution is -0.133. The zero-order valence-corrected chi connectivity index (χ0v) is 12.7. The van der Waals surface area contributed by atoms with Gasteiger partial charge in [-0.05, 0) is 46.8 Å². The highest BCUT2D eigenvalue weighted by molar-refractivity contribution is 5.46. The summed E-state index contributed by atoms with van der Waals surface area (Å²) >= 11 is 0. The lowest BCUT2D eigenvalue weighted by atomic mass is 9.99. The highest BCUT2D eigenvalue weighted by Gasteiger charge is 2.38. The summed E-state index contributed by atoms with van der Waals surface area (Å²) in [5.74, 6) is 1.64. The van der Waals surface area contributed by atoms with Crippen molar-refractivity contribution >= 4 is 11.5 Å². The molecule has 0 aliphatic carbocycles. The van der Waals surface area contributed by atoms with Gasteiger partial charge in [-0.3, -0.25) is 0 Å². The Morgan fingerprint density at radius 1 is 1.05 bits per heavy atom. The molecule has 1 aliphatic rings. The smallest absolute Gasteiger partial charge is 0.176 e. The average molecular weight is 275 g/mol. The Morgan fingerprint density at radius 3 is 2.35 bits per heavy atom. The van der Waals surface area contributed by atoms with Gasteiger partial charge in [0, 0.05) is 13.1 Å². The van der Waals surface area contributed by atoms with Crippen LogP contribution in [0.2, 0.25) is 0 Å². The predicted octanol–water partition coefficient (Wildman–Crippen LogP) is 1.83. The van der Waals surface area contributed by atoms with Crippen LogP contribution in [0, 0.1) is 6.92 Å². The van der Waals surface area contributed by atoms with Crippen LogP contribution in [-0.2, 0) is 4.74 Å². The summed E-state index contributed by atoms with van der Waals surface area (Å²) in [4.78, 5) is 6.55. The highest BCUT2D eigenvalue weighted by Crippen LogP contribution is 2.30. The number of fused-ring (bicyclic) bond motifs is 1. The average Bonchev–Trinajstić information content (AvgIpc) is 2.63. The third kappa shape index (κ3) is 2.47. The molecule has 0 spiro atoms. The van der Waals surface area contributed by atoms with E-state index >= 15 is 0 Å². The molecule has 1 fully saturated rings. The number of morpholine rings is 1. The summed E-state index contributed by atoms with van der Waals surface area (Å²) in [5, 5.41) is 8.84. The fraction of sp³-hybridized carbons (Fsp3) is 0.643. The molecule has 2 aromatic rings. The van der Waals surface area contributed by atoms with E-state index in [4.69, 9.17) is 4.74 Å². The molecule has 108 valence electrons. The Labute approximate surface area is 118 Å². The van der Waals surface area contributed by atoms with Crippen molar-refractivity contribution in [1.29, 1.82) is 0 Å². The van der Waals surface area contributed by atoms with E-state index in [1.165, 1.54) is 0 Å². The van der Waals surface area contributed by atoms with E-state index in [1.54, 1.807) is 4.63 Å². The predicted molar refractivity (Wildman–Crippen MR) is 77.0 cm³/mol. The second kappa shape index (κ2) is 4.15. The minimum absolute atomic E-state index is 0.198. The second-order valence-corrected chi connectivity index (χ2v) is 6.68. The van der Waals surface area contributed by atoms with Crippen molar-refractivity contribution in [3.05, 3.63) is 18.0 Å². The standard InChI is InChI=1S/C14H21N5O/c1-10-15-11-6-7-12(17-19(11)16-10)18-8-13(2,3)20-14(4,5)9-18/h6-7H,8-9H2,1-5H3. The Balaban J connectivity index is 1.97. The molecule has 1 aliphatic heterocycles. The SMILES string of the molecule is Cc1nc2ccc(N3CC(C)(C)OC(C)(C)C3)nn2n1. The number of anilines is 1. The molecule has 0 unspecified atom stereocenters. The van der Waals surface area contributed by atoms with Crippen molar-refractivity contribution < 1.29 is 4.74 Å². The van der Waals surface area contributed by atoms with Gasteiger partial charge in [0.1, 0.15) is 5.82 Å². The lowest BCUT2D eigenvalue weighted by Crippen LogP contribution is -2.57. The summed E-state index contributed by atoms with van der Waals surface area (Å²) in [5.41, 5.74) is 0.380. The summed E-state index contributed by atoms with van der Waals surface area (Å²) in [7, 11) is 0. The van der Waals surface area contributed by atoms with Crippen LogP contribution in [0.3, 0.4) is 0 Å². The summed E-state index contributed by atoms with van der Waals surface area (Å²) < 4.78 is 7.70. The molecule has 0 bridgehead atoms. The number of hydrogen-bond donors (Lipinski definition) is 0. The van der Waals surface area contributed by atoms with Gasteiger partial charge >= 0.3 is 0 Å². The molecule has 0 saturated carbocycles. The third-order valence-electron chi connectivity index (χ3n) is 3.32. The Bertz CT molecular complexity index is 630.